The molecule has 4 heterocycles. The number of fused-ring (bicyclic) bond motifs is 1. The van der Waals surface area contributed by atoms with Crippen molar-refractivity contribution in [3.63, 3.8) is 0 Å². The molecule has 0 aromatic carbocycles. The lowest BCUT2D eigenvalue weighted by atomic mass is 9.97. The zero-order chi connectivity index (χ0) is 18.8. The highest BCUT2D eigenvalue weighted by Crippen LogP contribution is 2.18. The second-order valence-electron chi connectivity index (χ2n) is 6.78. The van der Waals surface area contributed by atoms with E-state index in [1.165, 1.54) is 11.3 Å². The molecule has 10 heteroatoms. The Hall–Kier alpha value is -2.75. The van der Waals surface area contributed by atoms with E-state index in [4.69, 9.17) is 0 Å². The average Bonchev–Trinajstić information content (AvgIpc) is 3.28. The Morgan fingerprint density at radius 1 is 1.37 bits per heavy atom. The van der Waals surface area contributed by atoms with E-state index in [-0.39, 0.29) is 23.6 Å². The summed E-state index contributed by atoms with van der Waals surface area (Å²) >= 11 is 1.48. The highest BCUT2D eigenvalue weighted by molar-refractivity contribution is 7.15. The SMILES string of the molecule is O=C1CCC(C(=O)N2CCCC(CNC(=O)c3cn4ccsc4n3)C2)=NN1. The standard InChI is InChI=1S/C17H20N6O3S/c24-14-4-3-12(20-21-14)16(26)22-5-1-2-11(9-22)8-18-15(25)13-10-23-6-7-27-17(23)19-13/h6-7,10-11H,1-5,8-9H2,(H,18,25)(H,21,24). The number of carbonyl (C=O) groups excluding carboxylic acids is 3. The Morgan fingerprint density at radius 2 is 2.26 bits per heavy atom. The molecule has 9 nitrogen and oxygen atoms in total. The van der Waals surface area contributed by atoms with Gasteiger partial charge in [0.05, 0.1) is 0 Å². The van der Waals surface area contributed by atoms with Gasteiger partial charge in [-0.15, -0.1) is 11.3 Å². The van der Waals surface area contributed by atoms with Crippen molar-refractivity contribution in [1.82, 2.24) is 25.0 Å². The molecule has 0 radical (unpaired) electrons. The van der Waals surface area contributed by atoms with E-state index in [9.17, 15) is 14.4 Å². The number of amides is 3. The fraction of sp³-hybridized carbons (Fsp3) is 0.471. The number of likely N-dealkylation sites (tertiary alicyclic amines) is 1. The molecule has 2 aliphatic rings. The first-order valence-electron chi connectivity index (χ1n) is 8.95. The van der Waals surface area contributed by atoms with E-state index in [0.717, 1.165) is 17.8 Å². The molecule has 142 valence electrons. The van der Waals surface area contributed by atoms with Gasteiger partial charge in [0.1, 0.15) is 11.4 Å². The van der Waals surface area contributed by atoms with Gasteiger partial charge in [-0.3, -0.25) is 18.8 Å². The van der Waals surface area contributed by atoms with Gasteiger partial charge in [0, 0.05) is 50.2 Å². The molecule has 0 aliphatic carbocycles. The number of nitrogens with one attached hydrogen (secondary N) is 2. The summed E-state index contributed by atoms with van der Waals surface area (Å²) < 4.78 is 1.82. The van der Waals surface area contributed by atoms with Crippen LogP contribution in [0.25, 0.3) is 4.96 Å². The predicted molar refractivity (Wildman–Crippen MR) is 99.5 cm³/mol. The van der Waals surface area contributed by atoms with Crippen LogP contribution >= 0.6 is 11.3 Å². The van der Waals surface area contributed by atoms with Crippen molar-refractivity contribution in [1.29, 1.82) is 0 Å². The number of piperidine rings is 1. The molecular formula is C17H20N6O3S. The molecule has 2 aromatic heterocycles. The summed E-state index contributed by atoms with van der Waals surface area (Å²) in [6.07, 6.45) is 6.08. The molecule has 1 fully saturated rings. The number of carbonyl (C=O) groups is 3. The topological polar surface area (TPSA) is 108 Å². The van der Waals surface area contributed by atoms with Crippen molar-refractivity contribution in [2.75, 3.05) is 19.6 Å². The maximum Gasteiger partial charge on any atom is 0.271 e. The van der Waals surface area contributed by atoms with E-state index in [2.05, 4.69) is 20.8 Å². The van der Waals surface area contributed by atoms with Gasteiger partial charge in [-0.25, -0.2) is 10.4 Å². The smallest absolute Gasteiger partial charge is 0.271 e. The normalized spacial score (nSPS) is 20.3. The predicted octanol–water partition coefficient (Wildman–Crippen LogP) is 0.630. The molecule has 0 spiro atoms. The van der Waals surface area contributed by atoms with Gasteiger partial charge in [0.15, 0.2) is 4.96 Å². The number of aromatic nitrogens is 2. The molecule has 27 heavy (non-hydrogen) atoms. The van der Waals surface area contributed by atoms with E-state index < -0.39 is 0 Å². The Balaban J connectivity index is 1.31. The van der Waals surface area contributed by atoms with Gasteiger partial charge in [-0.2, -0.15) is 5.10 Å². The van der Waals surface area contributed by atoms with Crippen LogP contribution in [0.2, 0.25) is 0 Å². The summed E-state index contributed by atoms with van der Waals surface area (Å²) in [5, 5.41) is 8.73. The zero-order valence-corrected chi connectivity index (χ0v) is 15.5. The number of hydrogen-bond donors (Lipinski definition) is 2. The number of hydrazone groups is 1. The Bertz CT molecular complexity index is 888. The fourth-order valence-corrected chi connectivity index (χ4v) is 4.09. The summed E-state index contributed by atoms with van der Waals surface area (Å²) in [5.74, 6) is -0.298. The van der Waals surface area contributed by atoms with Crippen LogP contribution in [0, 0.1) is 5.92 Å². The average molecular weight is 388 g/mol. The molecule has 0 bridgehead atoms. The first-order chi connectivity index (χ1) is 13.1. The van der Waals surface area contributed by atoms with Crippen LogP contribution in [-0.2, 0) is 9.59 Å². The Kier molecular flexibility index (Phi) is 4.88. The van der Waals surface area contributed by atoms with E-state index in [1.807, 2.05) is 16.0 Å². The van der Waals surface area contributed by atoms with Crippen molar-refractivity contribution in [2.24, 2.45) is 11.0 Å². The first-order valence-corrected chi connectivity index (χ1v) is 9.83. The first kappa shape index (κ1) is 17.7. The monoisotopic (exact) mass is 388 g/mol. The van der Waals surface area contributed by atoms with Gasteiger partial charge in [-0.1, -0.05) is 0 Å². The number of hydrogen-bond acceptors (Lipinski definition) is 6. The highest BCUT2D eigenvalue weighted by atomic mass is 32.1. The summed E-state index contributed by atoms with van der Waals surface area (Å²) in [6, 6.07) is 0. The third-order valence-corrected chi connectivity index (χ3v) is 5.61. The Morgan fingerprint density at radius 3 is 3.04 bits per heavy atom. The van der Waals surface area contributed by atoms with Crippen LogP contribution in [0.1, 0.15) is 36.2 Å². The summed E-state index contributed by atoms with van der Waals surface area (Å²) in [4.78, 5) is 42.9. The van der Waals surface area contributed by atoms with Gasteiger partial charge in [-0.05, 0) is 18.8 Å². The van der Waals surface area contributed by atoms with Gasteiger partial charge in [0.25, 0.3) is 11.8 Å². The summed E-state index contributed by atoms with van der Waals surface area (Å²) in [6.45, 7) is 1.74. The van der Waals surface area contributed by atoms with Crippen molar-refractivity contribution < 1.29 is 14.4 Å². The molecule has 2 aromatic rings. The number of rotatable bonds is 4. The van der Waals surface area contributed by atoms with E-state index in [1.54, 1.807) is 11.1 Å². The fourth-order valence-electron chi connectivity index (χ4n) is 3.39. The van der Waals surface area contributed by atoms with Crippen LogP contribution in [0.15, 0.2) is 22.9 Å². The maximum absolute atomic E-state index is 12.6. The van der Waals surface area contributed by atoms with Crippen LogP contribution in [0.4, 0.5) is 0 Å². The molecule has 2 N–H and O–H groups in total. The van der Waals surface area contributed by atoms with Gasteiger partial charge in [0.2, 0.25) is 5.91 Å². The largest absolute Gasteiger partial charge is 0.350 e. The molecule has 0 saturated carbocycles. The second kappa shape index (κ2) is 7.47. The van der Waals surface area contributed by atoms with Crippen LogP contribution < -0.4 is 10.7 Å². The molecule has 4 rings (SSSR count). The lowest BCUT2D eigenvalue weighted by Crippen LogP contribution is -2.47. The number of nitrogens with zero attached hydrogens (tertiary/aromatic N) is 4. The minimum Gasteiger partial charge on any atom is -0.350 e. The third-order valence-electron chi connectivity index (χ3n) is 4.83. The number of imidazole rings is 1. The maximum atomic E-state index is 12.6. The highest BCUT2D eigenvalue weighted by Gasteiger charge is 2.28. The third kappa shape index (κ3) is 3.85. The lowest BCUT2D eigenvalue weighted by molar-refractivity contribution is -0.126. The number of thiazole rings is 1. The molecule has 3 amide bonds. The Labute approximate surface area is 159 Å². The summed E-state index contributed by atoms with van der Waals surface area (Å²) in [5.41, 5.74) is 3.17. The minimum atomic E-state index is -0.200. The molecule has 1 saturated heterocycles. The van der Waals surface area contributed by atoms with Crippen molar-refractivity contribution in [2.45, 2.75) is 25.7 Å². The van der Waals surface area contributed by atoms with E-state index in [0.29, 0.717) is 43.9 Å². The quantitative estimate of drug-likeness (QED) is 0.801. The van der Waals surface area contributed by atoms with Gasteiger partial charge >= 0.3 is 0 Å². The molecule has 1 atom stereocenters. The van der Waals surface area contributed by atoms with Crippen LogP contribution in [-0.4, -0.2) is 57.4 Å². The molecule has 1 unspecified atom stereocenters. The zero-order valence-electron chi connectivity index (χ0n) is 14.7. The van der Waals surface area contributed by atoms with E-state index >= 15 is 0 Å². The molecular weight excluding hydrogens is 368 g/mol. The molecule has 2 aliphatic heterocycles. The second-order valence-corrected chi connectivity index (χ2v) is 7.65. The van der Waals surface area contributed by atoms with Crippen molar-refractivity contribution in [3.8, 4) is 0 Å². The minimum absolute atomic E-state index is 0.125. The lowest BCUT2D eigenvalue weighted by Gasteiger charge is -2.33. The van der Waals surface area contributed by atoms with Crippen LogP contribution in [0.3, 0.4) is 0 Å². The summed E-state index contributed by atoms with van der Waals surface area (Å²) in [7, 11) is 0. The van der Waals surface area contributed by atoms with Crippen molar-refractivity contribution in [3.05, 3.63) is 23.5 Å². The van der Waals surface area contributed by atoms with Gasteiger partial charge < -0.3 is 10.2 Å². The van der Waals surface area contributed by atoms with Crippen LogP contribution in [0.5, 0.6) is 0 Å². The van der Waals surface area contributed by atoms with Crippen molar-refractivity contribution >= 4 is 39.7 Å².